The van der Waals surface area contributed by atoms with Gasteiger partial charge in [0.2, 0.25) is 0 Å². The summed E-state index contributed by atoms with van der Waals surface area (Å²) in [6.07, 6.45) is 0. The summed E-state index contributed by atoms with van der Waals surface area (Å²) in [5, 5.41) is 7.87. The number of benzene rings is 1. The number of rotatable bonds is 4. The highest BCUT2D eigenvalue weighted by atomic mass is 35.5. The normalized spacial score (nSPS) is 9.42. The van der Waals surface area contributed by atoms with Crippen LogP contribution in [0.15, 0.2) is 30.3 Å². The number of aromatic nitrogens is 2. The largest absolute Gasteiger partial charge is 0.353 e. The summed E-state index contributed by atoms with van der Waals surface area (Å²) < 4.78 is 1.95. The van der Waals surface area contributed by atoms with E-state index < -0.39 is 0 Å². The number of hydrogen-bond donors (Lipinski definition) is 2. The fraction of sp³-hybridized carbons (Fsp3) is 0.308. The van der Waals surface area contributed by atoms with Crippen molar-refractivity contribution in [1.82, 2.24) is 9.78 Å². The number of nitrogens with zero attached hydrogens (tertiary/aromatic N) is 2. The van der Waals surface area contributed by atoms with E-state index >= 15 is 0 Å². The SMILES string of the molecule is Cc1nn(CCN)c(C)c1Nc1ccccc1.Cl.Cl. The van der Waals surface area contributed by atoms with Gasteiger partial charge >= 0.3 is 0 Å². The molecule has 0 radical (unpaired) electrons. The first kappa shape index (κ1) is 17.8. The molecule has 2 rings (SSSR count). The van der Waals surface area contributed by atoms with Gasteiger partial charge in [-0.05, 0) is 26.0 Å². The zero-order chi connectivity index (χ0) is 12.3. The van der Waals surface area contributed by atoms with Crippen LogP contribution in [0, 0.1) is 13.8 Å². The summed E-state index contributed by atoms with van der Waals surface area (Å²) in [5.41, 5.74) is 9.83. The molecule has 0 saturated carbocycles. The molecule has 4 nitrogen and oxygen atoms in total. The average Bonchev–Trinajstić information content (AvgIpc) is 2.59. The minimum Gasteiger partial charge on any atom is -0.353 e. The van der Waals surface area contributed by atoms with Gasteiger partial charge < -0.3 is 11.1 Å². The Labute approximate surface area is 126 Å². The summed E-state index contributed by atoms with van der Waals surface area (Å²) in [7, 11) is 0. The van der Waals surface area contributed by atoms with Gasteiger partial charge in [0, 0.05) is 12.2 Å². The first-order valence-electron chi connectivity index (χ1n) is 5.78. The molecule has 0 spiro atoms. The number of nitrogens with two attached hydrogens (primary N) is 1. The molecule has 6 heteroatoms. The van der Waals surface area contributed by atoms with E-state index in [-0.39, 0.29) is 24.8 Å². The van der Waals surface area contributed by atoms with Crippen molar-refractivity contribution in [3.63, 3.8) is 0 Å². The van der Waals surface area contributed by atoms with E-state index in [2.05, 4.69) is 17.3 Å². The third-order valence-electron chi connectivity index (χ3n) is 2.77. The molecule has 2 aromatic rings. The summed E-state index contributed by atoms with van der Waals surface area (Å²) in [5.74, 6) is 0. The second-order valence-electron chi connectivity index (χ2n) is 4.05. The summed E-state index contributed by atoms with van der Waals surface area (Å²) in [6.45, 7) is 5.42. The Kier molecular flexibility index (Phi) is 7.52. The van der Waals surface area contributed by atoms with Crippen molar-refractivity contribution in [1.29, 1.82) is 0 Å². The van der Waals surface area contributed by atoms with Crippen LogP contribution in [-0.4, -0.2) is 16.3 Å². The standard InChI is InChI=1S/C13H18N4.2ClH/c1-10-13(11(2)17(16-10)9-8-14)15-12-6-4-3-5-7-12;;/h3-7,15H,8-9,14H2,1-2H3;2*1H. The number of nitrogens with one attached hydrogen (secondary N) is 1. The van der Waals surface area contributed by atoms with E-state index in [1.807, 2.05) is 41.9 Å². The van der Waals surface area contributed by atoms with Crippen LogP contribution in [0.4, 0.5) is 11.4 Å². The fourth-order valence-electron chi connectivity index (χ4n) is 1.88. The molecule has 1 aromatic carbocycles. The Balaban J connectivity index is 0.00000162. The Morgan fingerprint density at radius 3 is 2.37 bits per heavy atom. The van der Waals surface area contributed by atoms with Crippen LogP contribution < -0.4 is 11.1 Å². The molecular formula is C13H20Cl2N4. The van der Waals surface area contributed by atoms with Crippen LogP contribution in [0.5, 0.6) is 0 Å². The van der Waals surface area contributed by atoms with Crippen molar-refractivity contribution < 1.29 is 0 Å². The van der Waals surface area contributed by atoms with Gasteiger partial charge in [0.05, 0.1) is 23.6 Å². The van der Waals surface area contributed by atoms with Gasteiger partial charge in [0.1, 0.15) is 0 Å². The Bertz CT molecular complexity index is 497. The molecule has 3 N–H and O–H groups in total. The number of hydrogen-bond acceptors (Lipinski definition) is 3. The molecule has 19 heavy (non-hydrogen) atoms. The van der Waals surface area contributed by atoms with E-state index in [9.17, 15) is 0 Å². The molecule has 0 amide bonds. The van der Waals surface area contributed by atoms with E-state index in [1.54, 1.807) is 0 Å². The fourth-order valence-corrected chi connectivity index (χ4v) is 1.88. The molecule has 106 valence electrons. The van der Waals surface area contributed by atoms with Gasteiger partial charge in [-0.3, -0.25) is 4.68 Å². The number of halogens is 2. The van der Waals surface area contributed by atoms with Crippen LogP contribution in [0.2, 0.25) is 0 Å². The maximum absolute atomic E-state index is 5.56. The lowest BCUT2D eigenvalue weighted by Gasteiger charge is -2.07. The molecular weight excluding hydrogens is 283 g/mol. The Hall–Kier alpha value is -1.23. The predicted molar refractivity (Wildman–Crippen MR) is 85.0 cm³/mol. The second-order valence-corrected chi connectivity index (χ2v) is 4.05. The molecule has 1 aromatic heterocycles. The summed E-state index contributed by atoms with van der Waals surface area (Å²) in [4.78, 5) is 0. The molecule has 0 aliphatic rings. The quantitative estimate of drug-likeness (QED) is 0.913. The number of aryl methyl sites for hydroxylation is 1. The van der Waals surface area contributed by atoms with Crippen LogP contribution in [0.25, 0.3) is 0 Å². The van der Waals surface area contributed by atoms with Gasteiger partial charge in [-0.25, -0.2) is 0 Å². The van der Waals surface area contributed by atoms with Gasteiger partial charge in [0.25, 0.3) is 0 Å². The van der Waals surface area contributed by atoms with Crippen molar-refractivity contribution in [3.8, 4) is 0 Å². The number of para-hydroxylation sites is 1. The smallest absolute Gasteiger partial charge is 0.0831 e. The van der Waals surface area contributed by atoms with Crippen molar-refractivity contribution in [2.75, 3.05) is 11.9 Å². The Morgan fingerprint density at radius 1 is 1.16 bits per heavy atom. The topological polar surface area (TPSA) is 55.9 Å². The van der Waals surface area contributed by atoms with Crippen molar-refractivity contribution in [3.05, 3.63) is 41.7 Å². The van der Waals surface area contributed by atoms with Crippen LogP contribution in [0.1, 0.15) is 11.4 Å². The highest BCUT2D eigenvalue weighted by Crippen LogP contribution is 2.23. The Morgan fingerprint density at radius 2 is 1.79 bits per heavy atom. The second kappa shape index (κ2) is 8.04. The highest BCUT2D eigenvalue weighted by Gasteiger charge is 2.10. The van der Waals surface area contributed by atoms with E-state index in [1.165, 1.54) is 0 Å². The van der Waals surface area contributed by atoms with Crippen molar-refractivity contribution in [2.24, 2.45) is 5.73 Å². The monoisotopic (exact) mass is 302 g/mol. The van der Waals surface area contributed by atoms with Crippen LogP contribution in [0.3, 0.4) is 0 Å². The summed E-state index contributed by atoms with van der Waals surface area (Å²) in [6, 6.07) is 10.1. The maximum atomic E-state index is 5.56. The van der Waals surface area contributed by atoms with Gasteiger partial charge in [-0.1, -0.05) is 18.2 Å². The molecule has 0 saturated heterocycles. The maximum Gasteiger partial charge on any atom is 0.0831 e. The molecule has 0 bridgehead atoms. The number of anilines is 2. The molecule has 0 atom stereocenters. The average molecular weight is 303 g/mol. The van der Waals surface area contributed by atoms with Gasteiger partial charge in [0.15, 0.2) is 0 Å². The molecule has 0 aliphatic carbocycles. The van der Waals surface area contributed by atoms with E-state index in [4.69, 9.17) is 5.73 Å². The lowest BCUT2D eigenvalue weighted by atomic mass is 10.2. The molecule has 0 aliphatic heterocycles. The van der Waals surface area contributed by atoms with Crippen LogP contribution >= 0.6 is 24.8 Å². The van der Waals surface area contributed by atoms with Gasteiger partial charge in [-0.2, -0.15) is 5.10 Å². The zero-order valence-electron chi connectivity index (χ0n) is 11.1. The lowest BCUT2D eigenvalue weighted by Crippen LogP contribution is -2.12. The van der Waals surface area contributed by atoms with E-state index in [0.29, 0.717) is 6.54 Å². The van der Waals surface area contributed by atoms with Crippen LogP contribution in [-0.2, 0) is 6.54 Å². The first-order valence-corrected chi connectivity index (χ1v) is 5.78. The predicted octanol–water partition coefficient (Wildman–Crippen LogP) is 3.05. The molecule has 0 fully saturated rings. The lowest BCUT2D eigenvalue weighted by molar-refractivity contribution is 0.604. The molecule has 0 unspecified atom stereocenters. The zero-order valence-corrected chi connectivity index (χ0v) is 12.7. The van der Waals surface area contributed by atoms with Gasteiger partial charge in [-0.15, -0.1) is 24.8 Å². The minimum atomic E-state index is 0. The van der Waals surface area contributed by atoms with Crippen molar-refractivity contribution in [2.45, 2.75) is 20.4 Å². The van der Waals surface area contributed by atoms with Crippen molar-refractivity contribution >= 4 is 36.2 Å². The summed E-state index contributed by atoms with van der Waals surface area (Å²) >= 11 is 0. The highest BCUT2D eigenvalue weighted by molar-refractivity contribution is 5.85. The molecule has 1 heterocycles. The minimum absolute atomic E-state index is 0. The van der Waals surface area contributed by atoms with E-state index in [0.717, 1.165) is 29.3 Å². The first-order chi connectivity index (χ1) is 8.22. The third-order valence-corrected chi connectivity index (χ3v) is 2.77. The third kappa shape index (κ3) is 4.13.